The van der Waals surface area contributed by atoms with Gasteiger partial charge in [0.1, 0.15) is 11.4 Å². The van der Waals surface area contributed by atoms with E-state index in [-0.39, 0.29) is 11.7 Å². The van der Waals surface area contributed by atoms with Crippen molar-refractivity contribution in [2.75, 3.05) is 17.7 Å². The van der Waals surface area contributed by atoms with Crippen LogP contribution in [0.4, 0.5) is 17.1 Å². The highest BCUT2D eigenvalue weighted by molar-refractivity contribution is 6.03. The summed E-state index contributed by atoms with van der Waals surface area (Å²) in [5, 5.41) is 5.95. The molecule has 1 aromatic heterocycles. The van der Waals surface area contributed by atoms with Crippen LogP contribution in [-0.4, -0.2) is 23.8 Å². The number of Topliss-reactive ketones (excluding diaryl/α,β-unsaturated/α-hetero) is 1. The minimum atomic E-state index is -0.312. The van der Waals surface area contributed by atoms with Crippen LogP contribution in [0.5, 0.6) is 5.75 Å². The number of benzene rings is 2. The molecule has 136 valence electrons. The second-order valence-corrected chi connectivity index (χ2v) is 5.88. The molecule has 0 aliphatic rings. The third kappa shape index (κ3) is 4.70. The van der Waals surface area contributed by atoms with Crippen LogP contribution in [0.1, 0.15) is 27.8 Å². The highest BCUT2D eigenvalue weighted by Crippen LogP contribution is 2.19. The van der Waals surface area contributed by atoms with Crippen molar-refractivity contribution in [1.82, 2.24) is 4.98 Å². The topological polar surface area (TPSA) is 80.3 Å². The molecule has 2 aromatic carbocycles. The number of rotatable bonds is 6. The van der Waals surface area contributed by atoms with E-state index in [0.29, 0.717) is 28.4 Å². The molecule has 27 heavy (non-hydrogen) atoms. The number of ether oxygens (including phenoxy) is 1. The second kappa shape index (κ2) is 8.14. The highest BCUT2D eigenvalue weighted by atomic mass is 16.5. The Labute approximate surface area is 157 Å². The predicted octanol–water partition coefficient (Wildman–Crippen LogP) is 4.29. The van der Waals surface area contributed by atoms with Crippen LogP contribution >= 0.6 is 0 Å². The second-order valence-electron chi connectivity index (χ2n) is 5.88. The lowest BCUT2D eigenvalue weighted by molar-refractivity contribution is 0.101. The fourth-order valence-corrected chi connectivity index (χ4v) is 2.48. The zero-order chi connectivity index (χ0) is 19.2. The predicted molar refractivity (Wildman–Crippen MR) is 105 cm³/mol. The van der Waals surface area contributed by atoms with Gasteiger partial charge < -0.3 is 15.4 Å². The van der Waals surface area contributed by atoms with E-state index in [1.165, 1.54) is 6.92 Å². The number of aromatic nitrogens is 1. The summed E-state index contributed by atoms with van der Waals surface area (Å²) in [6.07, 6.45) is 1.57. The Balaban J connectivity index is 1.68. The summed E-state index contributed by atoms with van der Waals surface area (Å²) in [5.74, 6) is 0.350. The largest absolute Gasteiger partial charge is 0.497 e. The first-order valence-electron chi connectivity index (χ1n) is 8.34. The van der Waals surface area contributed by atoms with Gasteiger partial charge in [0.25, 0.3) is 5.91 Å². The Bertz CT molecular complexity index is 968. The smallest absolute Gasteiger partial charge is 0.274 e. The van der Waals surface area contributed by atoms with E-state index in [2.05, 4.69) is 15.6 Å². The van der Waals surface area contributed by atoms with Gasteiger partial charge in [0.05, 0.1) is 19.0 Å². The normalized spacial score (nSPS) is 10.1. The van der Waals surface area contributed by atoms with Crippen molar-refractivity contribution in [2.45, 2.75) is 6.92 Å². The molecule has 0 spiro atoms. The van der Waals surface area contributed by atoms with Crippen LogP contribution in [0.25, 0.3) is 0 Å². The summed E-state index contributed by atoms with van der Waals surface area (Å²) >= 11 is 0. The van der Waals surface area contributed by atoms with E-state index < -0.39 is 0 Å². The van der Waals surface area contributed by atoms with Crippen LogP contribution in [0.15, 0.2) is 66.9 Å². The minimum absolute atomic E-state index is 0.00124. The maximum absolute atomic E-state index is 12.3. The van der Waals surface area contributed by atoms with Crippen molar-refractivity contribution in [2.24, 2.45) is 0 Å². The monoisotopic (exact) mass is 361 g/mol. The van der Waals surface area contributed by atoms with Crippen LogP contribution in [0.3, 0.4) is 0 Å². The lowest BCUT2D eigenvalue weighted by atomic mass is 10.1. The number of hydrogen-bond donors (Lipinski definition) is 2. The molecule has 0 fully saturated rings. The molecule has 0 unspecified atom stereocenters. The molecule has 0 saturated heterocycles. The molecule has 6 heteroatoms. The summed E-state index contributed by atoms with van der Waals surface area (Å²) in [6, 6.07) is 17.7. The molecule has 6 nitrogen and oxygen atoms in total. The fourth-order valence-electron chi connectivity index (χ4n) is 2.48. The zero-order valence-corrected chi connectivity index (χ0v) is 15.0. The van der Waals surface area contributed by atoms with Gasteiger partial charge in [0, 0.05) is 23.0 Å². The number of nitrogens with one attached hydrogen (secondary N) is 2. The Morgan fingerprint density at radius 3 is 2.41 bits per heavy atom. The third-order valence-electron chi connectivity index (χ3n) is 3.88. The molecular formula is C21H19N3O3. The van der Waals surface area contributed by atoms with Gasteiger partial charge >= 0.3 is 0 Å². The van der Waals surface area contributed by atoms with Gasteiger partial charge in [-0.2, -0.15) is 0 Å². The number of hydrogen-bond acceptors (Lipinski definition) is 5. The van der Waals surface area contributed by atoms with E-state index in [9.17, 15) is 9.59 Å². The fraction of sp³-hybridized carbons (Fsp3) is 0.0952. The first kappa shape index (κ1) is 18.1. The highest BCUT2D eigenvalue weighted by Gasteiger charge is 2.09. The van der Waals surface area contributed by atoms with Crippen LogP contribution in [-0.2, 0) is 0 Å². The molecule has 0 aliphatic carbocycles. The summed E-state index contributed by atoms with van der Waals surface area (Å²) in [7, 11) is 1.57. The molecule has 0 atom stereocenters. The van der Waals surface area contributed by atoms with Crippen molar-refractivity contribution >= 4 is 28.8 Å². The van der Waals surface area contributed by atoms with Gasteiger partial charge in [0.2, 0.25) is 0 Å². The van der Waals surface area contributed by atoms with Gasteiger partial charge in [0.15, 0.2) is 5.78 Å². The number of carbonyl (C=O) groups is 2. The summed E-state index contributed by atoms with van der Waals surface area (Å²) in [5.41, 5.74) is 3.04. The Morgan fingerprint density at radius 2 is 1.70 bits per heavy atom. The summed E-state index contributed by atoms with van der Waals surface area (Å²) < 4.78 is 5.14. The standard InChI is InChI=1S/C21H19N3O3/c1-14(25)15-5-3-6-16(11-15)23-18-9-10-20(22-13-18)21(26)24-17-7-4-8-19(12-17)27-2/h3-13,23H,1-2H3,(H,24,26). The number of ketones is 1. The average Bonchev–Trinajstić information content (AvgIpc) is 2.69. The maximum Gasteiger partial charge on any atom is 0.274 e. The SMILES string of the molecule is COc1cccc(NC(=O)c2ccc(Nc3cccc(C(C)=O)c3)cn2)c1. The van der Waals surface area contributed by atoms with Crippen molar-refractivity contribution in [3.05, 3.63) is 78.1 Å². The number of pyridine rings is 1. The van der Waals surface area contributed by atoms with Crippen LogP contribution in [0, 0.1) is 0 Å². The summed E-state index contributed by atoms with van der Waals surface area (Å²) in [4.78, 5) is 28.0. The lowest BCUT2D eigenvalue weighted by Crippen LogP contribution is -2.13. The number of amides is 1. The number of carbonyl (C=O) groups excluding carboxylic acids is 2. The first-order valence-corrected chi connectivity index (χ1v) is 8.34. The number of methoxy groups -OCH3 is 1. The molecule has 3 rings (SSSR count). The van der Waals surface area contributed by atoms with E-state index in [0.717, 1.165) is 5.69 Å². The van der Waals surface area contributed by atoms with E-state index in [4.69, 9.17) is 4.74 Å². The molecule has 1 amide bonds. The lowest BCUT2D eigenvalue weighted by Gasteiger charge is -2.09. The molecule has 0 radical (unpaired) electrons. The summed E-state index contributed by atoms with van der Waals surface area (Å²) in [6.45, 7) is 1.52. The van der Waals surface area contributed by atoms with Crippen LogP contribution < -0.4 is 15.4 Å². The Kier molecular flexibility index (Phi) is 5.47. The van der Waals surface area contributed by atoms with E-state index in [1.54, 1.807) is 61.8 Å². The van der Waals surface area contributed by atoms with Gasteiger partial charge in [-0.3, -0.25) is 9.59 Å². The van der Waals surface area contributed by atoms with Gasteiger partial charge in [-0.1, -0.05) is 18.2 Å². The van der Waals surface area contributed by atoms with Gasteiger partial charge in [-0.25, -0.2) is 4.98 Å². The quantitative estimate of drug-likeness (QED) is 0.640. The van der Waals surface area contributed by atoms with Crippen molar-refractivity contribution < 1.29 is 14.3 Å². The van der Waals surface area contributed by atoms with Crippen molar-refractivity contribution in [3.8, 4) is 5.75 Å². The van der Waals surface area contributed by atoms with Gasteiger partial charge in [-0.15, -0.1) is 0 Å². The van der Waals surface area contributed by atoms with Gasteiger partial charge in [-0.05, 0) is 43.3 Å². The number of nitrogens with zero attached hydrogens (tertiary/aromatic N) is 1. The molecule has 1 heterocycles. The third-order valence-corrected chi connectivity index (χ3v) is 3.88. The zero-order valence-electron chi connectivity index (χ0n) is 15.0. The molecule has 2 N–H and O–H groups in total. The maximum atomic E-state index is 12.3. The Morgan fingerprint density at radius 1 is 0.926 bits per heavy atom. The molecule has 0 saturated carbocycles. The van der Waals surface area contributed by atoms with E-state index in [1.807, 2.05) is 12.1 Å². The molecule has 0 aliphatic heterocycles. The minimum Gasteiger partial charge on any atom is -0.497 e. The van der Waals surface area contributed by atoms with E-state index >= 15 is 0 Å². The van der Waals surface area contributed by atoms with Crippen molar-refractivity contribution in [3.63, 3.8) is 0 Å². The first-order chi connectivity index (χ1) is 13.0. The van der Waals surface area contributed by atoms with Crippen molar-refractivity contribution in [1.29, 1.82) is 0 Å². The Hall–Kier alpha value is -3.67. The molecule has 3 aromatic rings. The van der Waals surface area contributed by atoms with Crippen LogP contribution in [0.2, 0.25) is 0 Å². The molecule has 0 bridgehead atoms. The average molecular weight is 361 g/mol. The number of anilines is 3. The molecular weight excluding hydrogens is 342 g/mol.